The molecular formula is C21H23N5O. The van der Waals surface area contributed by atoms with Gasteiger partial charge in [-0.1, -0.05) is 44.2 Å². The highest BCUT2D eigenvalue weighted by Crippen LogP contribution is 2.18. The SMILES string of the molecule is CC(C)CNc1cc(C(=O)NCc2ccncc2)nc(-c2ccccc2)n1. The van der Waals surface area contributed by atoms with Crippen LogP contribution in [0.2, 0.25) is 0 Å². The zero-order valence-electron chi connectivity index (χ0n) is 15.5. The summed E-state index contributed by atoms with van der Waals surface area (Å²) in [7, 11) is 0. The van der Waals surface area contributed by atoms with Crippen molar-refractivity contribution in [2.24, 2.45) is 5.92 Å². The molecular weight excluding hydrogens is 338 g/mol. The summed E-state index contributed by atoms with van der Waals surface area (Å²) in [5, 5.41) is 6.19. The minimum atomic E-state index is -0.237. The predicted molar refractivity (Wildman–Crippen MR) is 106 cm³/mol. The van der Waals surface area contributed by atoms with Crippen LogP contribution < -0.4 is 10.6 Å². The molecule has 0 atom stereocenters. The van der Waals surface area contributed by atoms with Crippen molar-refractivity contribution in [2.45, 2.75) is 20.4 Å². The minimum Gasteiger partial charge on any atom is -0.370 e. The average molecular weight is 361 g/mol. The summed E-state index contributed by atoms with van der Waals surface area (Å²) in [6, 6.07) is 15.1. The second-order valence-electron chi connectivity index (χ2n) is 6.64. The Morgan fingerprint density at radius 2 is 1.78 bits per heavy atom. The number of carbonyl (C=O) groups excluding carboxylic acids is 1. The number of aromatic nitrogens is 3. The third kappa shape index (κ3) is 5.34. The van der Waals surface area contributed by atoms with E-state index in [0.29, 0.717) is 29.8 Å². The zero-order valence-corrected chi connectivity index (χ0v) is 15.5. The molecule has 0 radical (unpaired) electrons. The van der Waals surface area contributed by atoms with E-state index in [1.165, 1.54) is 0 Å². The van der Waals surface area contributed by atoms with Crippen molar-refractivity contribution < 1.29 is 4.79 Å². The summed E-state index contributed by atoms with van der Waals surface area (Å²) in [4.78, 5) is 25.7. The fourth-order valence-corrected chi connectivity index (χ4v) is 2.45. The van der Waals surface area contributed by atoms with Crippen LogP contribution in [-0.2, 0) is 6.54 Å². The fourth-order valence-electron chi connectivity index (χ4n) is 2.45. The molecule has 2 heterocycles. The first kappa shape index (κ1) is 18.5. The summed E-state index contributed by atoms with van der Waals surface area (Å²) in [5.74, 6) is 1.40. The molecule has 27 heavy (non-hydrogen) atoms. The summed E-state index contributed by atoms with van der Waals surface area (Å²) in [6.45, 7) is 5.42. The van der Waals surface area contributed by atoms with Gasteiger partial charge in [-0.05, 0) is 23.6 Å². The van der Waals surface area contributed by atoms with Gasteiger partial charge in [-0.2, -0.15) is 0 Å². The normalized spacial score (nSPS) is 10.6. The number of hydrogen-bond acceptors (Lipinski definition) is 5. The highest BCUT2D eigenvalue weighted by Gasteiger charge is 2.13. The molecule has 138 valence electrons. The van der Waals surface area contributed by atoms with E-state index in [9.17, 15) is 4.79 Å². The molecule has 2 aromatic heterocycles. The fraction of sp³-hybridized carbons (Fsp3) is 0.238. The quantitative estimate of drug-likeness (QED) is 0.673. The Morgan fingerprint density at radius 3 is 2.48 bits per heavy atom. The van der Waals surface area contributed by atoms with Crippen LogP contribution in [0.3, 0.4) is 0 Å². The molecule has 0 unspecified atom stereocenters. The van der Waals surface area contributed by atoms with Gasteiger partial charge in [-0.3, -0.25) is 9.78 Å². The number of nitrogens with zero attached hydrogens (tertiary/aromatic N) is 3. The monoisotopic (exact) mass is 361 g/mol. The highest BCUT2D eigenvalue weighted by molar-refractivity contribution is 5.93. The van der Waals surface area contributed by atoms with Crippen LogP contribution in [0.5, 0.6) is 0 Å². The van der Waals surface area contributed by atoms with Crippen LogP contribution in [0.15, 0.2) is 60.9 Å². The van der Waals surface area contributed by atoms with Crippen LogP contribution in [0.1, 0.15) is 29.9 Å². The maximum Gasteiger partial charge on any atom is 0.270 e. The van der Waals surface area contributed by atoms with Crippen molar-refractivity contribution in [1.29, 1.82) is 0 Å². The molecule has 0 aliphatic heterocycles. The number of carbonyl (C=O) groups is 1. The zero-order chi connectivity index (χ0) is 19.1. The molecule has 0 bridgehead atoms. The molecule has 0 aliphatic carbocycles. The van der Waals surface area contributed by atoms with E-state index >= 15 is 0 Å². The molecule has 2 N–H and O–H groups in total. The molecule has 0 saturated carbocycles. The van der Waals surface area contributed by atoms with E-state index in [-0.39, 0.29) is 5.91 Å². The first-order chi connectivity index (χ1) is 13.1. The smallest absolute Gasteiger partial charge is 0.270 e. The molecule has 0 fully saturated rings. The van der Waals surface area contributed by atoms with Gasteiger partial charge < -0.3 is 10.6 Å². The molecule has 1 aromatic carbocycles. The Balaban J connectivity index is 1.83. The van der Waals surface area contributed by atoms with Gasteiger partial charge in [0.2, 0.25) is 0 Å². The first-order valence-electron chi connectivity index (χ1n) is 8.97. The van der Waals surface area contributed by atoms with Gasteiger partial charge >= 0.3 is 0 Å². The lowest BCUT2D eigenvalue weighted by Gasteiger charge is -2.12. The van der Waals surface area contributed by atoms with E-state index in [4.69, 9.17) is 0 Å². The number of pyridine rings is 1. The average Bonchev–Trinajstić information content (AvgIpc) is 2.71. The summed E-state index contributed by atoms with van der Waals surface area (Å²) in [5.41, 5.74) is 2.19. The summed E-state index contributed by atoms with van der Waals surface area (Å²) < 4.78 is 0. The van der Waals surface area contributed by atoms with Crippen LogP contribution in [0.25, 0.3) is 11.4 Å². The number of rotatable bonds is 7. The Kier molecular flexibility index (Phi) is 6.10. The van der Waals surface area contributed by atoms with Gasteiger partial charge in [-0.25, -0.2) is 9.97 Å². The third-order valence-electron chi connectivity index (χ3n) is 3.88. The molecule has 1 amide bonds. The second kappa shape index (κ2) is 8.89. The van der Waals surface area contributed by atoms with E-state index in [1.807, 2.05) is 42.5 Å². The number of nitrogens with one attached hydrogen (secondary N) is 2. The molecule has 0 aliphatic rings. The van der Waals surface area contributed by atoms with Crippen molar-refractivity contribution in [2.75, 3.05) is 11.9 Å². The summed E-state index contributed by atoms with van der Waals surface area (Å²) >= 11 is 0. The molecule has 6 nitrogen and oxygen atoms in total. The van der Waals surface area contributed by atoms with E-state index in [2.05, 4.69) is 39.4 Å². The van der Waals surface area contributed by atoms with Gasteiger partial charge in [0.15, 0.2) is 5.82 Å². The Labute approximate surface area is 159 Å². The van der Waals surface area contributed by atoms with E-state index < -0.39 is 0 Å². The maximum atomic E-state index is 12.6. The van der Waals surface area contributed by atoms with Crippen LogP contribution >= 0.6 is 0 Å². The van der Waals surface area contributed by atoms with Crippen molar-refractivity contribution in [3.05, 3.63) is 72.2 Å². The van der Waals surface area contributed by atoms with Gasteiger partial charge in [0.1, 0.15) is 11.5 Å². The van der Waals surface area contributed by atoms with Crippen LogP contribution in [0, 0.1) is 5.92 Å². The molecule has 0 saturated heterocycles. The molecule has 0 spiro atoms. The Bertz CT molecular complexity index is 882. The van der Waals surface area contributed by atoms with Gasteiger partial charge in [0.25, 0.3) is 5.91 Å². The van der Waals surface area contributed by atoms with Gasteiger partial charge in [0.05, 0.1) is 0 Å². The van der Waals surface area contributed by atoms with Crippen LogP contribution in [0.4, 0.5) is 5.82 Å². The first-order valence-corrected chi connectivity index (χ1v) is 8.97. The Morgan fingerprint density at radius 1 is 1.04 bits per heavy atom. The molecule has 3 rings (SSSR count). The molecule has 3 aromatic rings. The highest BCUT2D eigenvalue weighted by atomic mass is 16.1. The van der Waals surface area contributed by atoms with Gasteiger partial charge in [-0.15, -0.1) is 0 Å². The lowest BCUT2D eigenvalue weighted by molar-refractivity contribution is 0.0946. The second-order valence-corrected chi connectivity index (χ2v) is 6.64. The number of amides is 1. The standard InChI is InChI=1S/C21H23N5O/c1-15(2)13-23-19-12-18(21(27)24-14-16-8-10-22-11-9-16)25-20(26-19)17-6-4-3-5-7-17/h3-12,15H,13-14H2,1-2H3,(H,24,27)(H,23,25,26). The third-order valence-corrected chi connectivity index (χ3v) is 3.88. The lowest BCUT2D eigenvalue weighted by atomic mass is 10.2. The number of anilines is 1. The van der Waals surface area contributed by atoms with E-state index in [1.54, 1.807) is 18.5 Å². The number of hydrogen-bond donors (Lipinski definition) is 2. The van der Waals surface area contributed by atoms with Crippen molar-refractivity contribution in [3.8, 4) is 11.4 Å². The van der Waals surface area contributed by atoms with Crippen molar-refractivity contribution >= 4 is 11.7 Å². The topological polar surface area (TPSA) is 79.8 Å². The van der Waals surface area contributed by atoms with E-state index in [0.717, 1.165) is 17.7 Å². The lowest BCUT2D eigenvalue weighted by Crippen LogP contribution is -2.24. The van der Waals surface area contributed by atoms with Crippen molar-refractivity contribution in [3.63, 3.8) is 0 Å². The Hall–Kier alpha value is -3.28. The predicted octanol–water partition coefficient (Wildman–Crippen LogP) is 3.54. The number of benzene rings is 1. The summed E-state index contributed by atoms with van der Waals surface area (Å²) in [6.07, 6.45) is 3.40. The van der Waals surface area contributed by atoms with Gasteiger partial charge in [0, 0.05) is 37.1 Å². The minimum absolute atomic E-state index is 0.237. The maximum absolute atomic E-state index is 12.6. The van der Waals surface area contributed by atoms with Crippen LogP contribution in [-0.4, -0.2) is 27.4 Å². The molecule has 6 heteroatoms. The van der Waals surface area contributed by atoms with Crippen molar-refractivity contribution in [1.82, 2.24) is 20.3 Å². The largest absolute Gasteiger partial charge is 0.370 e.